The summed E-state index contributed by atoms with van der Waals surface area (Å²) in [4.78, 5) is 0. The molecular weight excluding hydrogens is 254 g/mol. The van der Waals surface area contributed by atoms with E-state index in [0.29, 0.717) is 0 Å². The van der Waals surface area contributed by atoms with Crippen LogP contribution in [0, 0.1) is 5.92 Å². The Morgan fingerprint density at radius 2 is 2.16 bits per heavy atom. The molecule has 19 heavy (non-hydrogen) atoms. The van der Waals surface area contributed by atoms with E-state index in [4.69, 9.17) is 10.5 Å². The van der Waals surface area contributed by atoms with Gasteiger partial charge in [-0.2, -0.15) is 11.8 Å². The number of ether oxygens (including phenoxy) is 1. The van der Waals surface area contributed by atoms with Gasteiger partial charge in [0.1, 0.15) is 5.75 Å². The average molecular weight is 277 g/mol. The van der Waals surface area contributed by atoms with E-state index in [1.165, 1.54) is 35.5 Å². The van der Waals surface area contributed by atoms with Crippen LogP contribution in [0.1, 0.15) is 42.9 Å². The monoisotopic (exact) mass is 277 g/mol. The number of benzene rings is 1. The predicted molar refractivity (Wildman–Crippen MR) is 81.9 cm³/mol. The molecule has 1 fully saturated rings. The van der Waals surface area contributed by atoms with Crippen LogP contribution in [0.3, 0.4) is 0 Å². The van der Waals surface area contributed by atoms with Crippen molar-refractivity contribution in [3.8, 4) is 5.75 Å². The van der Waals surface area contributed by atoms with Gasteiger partial charge in [-0.3, -0.25) is 0 Å². The molecular formula is C16H23NOS. The third kappa shape index (κ3) is 3.09. The highest BCUT2D eigenvalue weighted by Gasteiger charge is 2.22. The first kappa shape index (κ1) is 13.3. The second-order valence-electron chi connectivity index (χ2n) is 5.69. The molecule has 104 valence electrons. The topological polar surface area (TPSA) is 35.2 Å². The summed E-state index contributed by atoms with van der Waals surface area (Å²) in [5.41, 5.74) is 9.04. The maximum absolute atomic E-state index is 6.46. The van der Waals surface area contributed by atoms with Crippen LogP contribution < -0.4 is 10.5 Å². The van der Waals surface area contributed by atoms with Crippen LogP contribution in [0.2, 0.25) is 0 Å². The lowest BCUT2D eigenvalue weighted by atomic mass is 9.89. The number of thioether (sulfide) groups is 1. The van der Waals surface area contributed by atoms with Gasteiger partial charge in [-0.1, -0.05) is 18.2 Å². The summed E-state index contributed by atoms with van der Waals surface area (Å²) in [5, 5.41) is 0. The Labute approximate surface area is 120 Å². The van der Waals surface area contributed by atoms with E-state index in [0.717, 1.165) is 37.5 Å². The molecule has 0 bridgehead atoms. The second-order valence-corrected chi connectivity index (χ2v) is 6.91. The van der Waals surface area contributed by atoms with Crippen molar-refractivity contribution in [2.45, 2.75) is 38.1 Å². The van der Waals surface area contributed by atoms with Crippen molar-refractivity contribution in [1.82, 2.24) is 0 Å². The zero-order valence-electron chi connectivity index (χ0n) is 11.4. The van der Waals surface area contributed by atoms with Crippen LogP contribution in [0.5, 0.6) is 5.75 Å². The largest absolute Gasteiger partial charge is 0.493 e. The van der Waals surface area contributed by atoms with Gasteiger partial charge in [-0.25, -0.2) is 0 Å². The van der Waals surface area contributed by atoms with Crippen molar-refractivity contribution in [3.05, 3.63) is 29.3 Å². The van der Waals surface area contributed by atoms with Crippen molar-refractivity contribution >= 4 is 11.8 Å². The maximum Gasteiger partial charge on any atom is 0.127 e. The first-order valence-electron chi connectivity index (χ1n) is 7.42. The number of nitrogens with two attached hydrogens (primary N) is 1. The quantitative estimate of drug-likeness (QED) is 0.917. The number of rotatable bonds is 3. The van der Waals surface area contributed by atoms with Gasteiger partial charge >= 0.3 is 0 Å². The molecule has 0 saturated carbocycles. The highest BCUT2D eigenvalue weighted by atomic mass is 32.2. The van der Waals surface area contributed by atoms with E-state index < -0.39 is 0 Å². The molecule has 2 aliphatic heterocycles. The fourth-order valence-corrected chi connectivity index (χ4v) is 4.38. The van der Waals surface area contributed by atoms with Crippen LogP contribution in [0.15, 0.2) is 18.2 Å². The lowest BCUT2D eigenvalue weighted by molar-refractivity contribution is 0.281. The molecule has 3 rings (SSSR count). The highest BCUT2D eigenvalue weighted by Crippen LogP contribution is 2.36. The van der Waals surface area contributed by atoms with Gasteiger partial charge in [0.15, 0.2) is 0 Å². The molecule has 2 nitrogen and oxygen atoms in total. The minimum absolute atomic E-state index is 0.140. The normalized spacial score (nSPS) is 21.5. The Balaban J connectivity index is 1.73. The first-order chi connectivity index (χ1) is 9.34. The number of fused-ring (bicyclic) bond motifs is 1. The summed E-state index contributed by atoms with van der Waals surface area (Å²) >= 11 is 2.08. The molecule has 0 spiro atoms. The molecule has 0 radical (unpaired) electrons. The molecule has 1 saturated heterocycles. The first-order valence-corrected chi connectivity index (χ1v) is 8.58. The minimum Gasteiger partial charge on any atom is -0.493 e. The molecule has 2 heterocycles. The Kier molecular flexibility index (Phi) is 4.34. The van der Waals surface area contributed by atoms with Gasteiger partial charge in [0.25, 0.3) is 0 Å². The van der Waals surface area contributed by atoms with Crippen LogP contribution in [-0.4, -0.2) is 18.1 Å². The van der Waals surface area contributed by atoms with Crippen LogP contribution in [-0.2, 0) is 6.42 Å². The zero-order valence-corrected chi connectivity index (χ0v) is 12.3. The van der Waals surface area contributed by atoms with Gasteiger partial charge in [-0.15, -0.1) is 0 Å². The Bertz CT molecular complexity index is 429. The number of aryl methyl sites for hydroxylation is 1. The molecule has 2 aliphatic rings. The van der Waals surface area contributed by atoms with Gasteiger partial charge in [-0.05, 0) is 55.1 Å². The number of hydrogen-bond acceptors (Lipinski definition) is 3. The summed E-state index contributed by atoms with van der Waals surface area (Å²) in [6.45, 7) is 0.844. The van der Waals surface area contributed by atoms with Gasteiger partial charge in [0, 0.05) is 11.6 Å². The van der Waals surface area contributed by atoms with E-state index in [1.54, 1.807) is 0 Å². The van der Waals surface area contributed by atoms with Crippen LogP contribution >= 0.6 is 11.8 Å². The fourth-order valence-electron chi connectivity index (χ4n) is 3.17. The van der Waals surface area contributed by atoms with Gasteiger partial charge in [0.2, 0.25) is 0 Å². The van der Waals surface area contributed by atoms with Crippen molar-refractivity contribution in [2.24, 2.45) is 11.7 Å². The molecule has 0 amide bonds. The smallest absolute Gasteiger partial charge is 0.127 e. The van der Waals surface area contributed by atoms with Crippen molar-refractivity contribution in [1.29, 1.82) is 0 Å². The van der Waals surface area contributed by atoms with Crippen molar-refractivity contribution in [2.75, 3.05) is 18.1 Å². The number of para-hydroxylation sites is 1. The maximum atomic E-state index is 6.46. The molecule has 1 aromatic rings. The highest BCUT2D eigenvalue weighted by molar-refractivity contribution is 7.99. The molecule has 1 unspecified atom stereocenters. The molecule has 0 aliphatic carbocycles. The SMILES string of the molecule is NC(CC1CCSCC1)c1cccc2c1OCCC2. The molecule has 3 heteroatoms. The zero-order chi connectivity index (χ0) is 13.1. The van der Waals surface area contributed by atoms with E-state index in [2.05, 4.69) is 30.0 Å². The summed E-state index contributed by atoms with van der Waals surface area (Å²) < 4.78 is 5.88. The lowest BCUT2D eigenvalue weighted by Gasteiger charge is -2.27. The summed E-state index contributed by atoms with van der Waals surface area (Å²) in [7, 11) is 0. The average Bonchev–Trinajstić information content (AvgIpc) is 2.47. The van der Waals surface area contributed by atoms with E-state index in [-0.39, 0.29) is 6.04 Å². The third-order valence-corrected chi connectivity index (χ3v) is 5.34. The molecule has 2 N–H and O–H groups in total. The van der Waals surface area contributed by atoms with Crippen LogP contribution in [0.25, 0.3) is 0 Å². The van der Waals surface area contributed by atoms with Gasteiger partial charge in [0.05, 0.1) is 6.61 Å². The second kappa shape index (κ2) is 6.19. The van der Waals surface area contributed by atoms with E-state index in [9.17, 15) is 0 Å². The van der Waals surface area contributed by atoms with Crippen LogP contribution in [0.4, 0.5) is 0 Å². The van der Waals surface area contributed by atoms with Crippen molar-refractivity contribution in [3.63, 3.8) is 0 Å². The summed E-state index contributed by atoms with van der Waals surface area (Å²) in [5.74, 6) is 4.50. The Hall–Kier alpha value is -0.670. The number of hydrogen-bond donors (Lipinski definition) is 1. The summed E-state index contributed by atoms with van der Waals surface area (Å²) in [6, 6.07) is 6.62. The molecule has 1 aromatic carbocycles. The molecule has 0 aromatic heterocycles. The lowest BCUT2D eigenvalue weighted by Crippen LogP contribution is -2.21. The minimum atomic E-state index is 0.140. The van der Waals surface area contributed by atoms with E-state index in [1.807, 2.05) is 0 Å². The third-order valence-electron chi connectivity index (χ3n) is 4.29. The molecule has 1 atom stereocenters. The predicted octanol–water partition coefficient (Wildman–Crippen LogP) is 3.54. The standard InChI is InChI=1S/C16H23NOS/c17-15(11-12-6-9-19-10-7-12)14-5-1-3-13-4-2-8-18-16(13)14/h1,3,5,12,15H,2,4,6-11,17H2. The van der Waals surface area contributed by atoms with Gasteiger partial charge < -0.3 is 10.5 Å². The van der Waals surface area contributed by atoms with Crippen molar-refractivity contribution < 1.29 is 4.74 Å². The van der Waals surface area contributed by atoms with E-state index >= 15 is 0 Å². The summed E-state index contributed by atoms with van der Waals surface area (Å²) in [6.07, 6.45) is 6.03. The Morgan fingerprint density at radius 3 is 3.00 bits per heavy atom. The Morgan fingerprint density at radius 1 is 1.32 bits per heavy atom. The fraction of sp³-hybridized carbons (Fsp3) is 0.625.